The van der Waals surface area contributed by atoms with Crippen LogP contribution in [0.3, 0.4) is 0 Å². The van der Waals surface area contributed by atoms with E-state index in [1.165, 1.54) is 0 Å². The molecular weight excluding hydrogens is 306 g/mol. The number of piperidine rings is 1. The lowest BCUT2D eigenvalue weighted by Crippen LogP contribution is -2.58. The number of ether oxygens (including phenoxy) is 2. The number of anilines is 1. The van der Waals surface area contributed by atoms with Crippen molar-refractivity contribution in [3.05, 3.63) is 23.8 Å². The van der Waals surface area contributed by atoms with Gasteiger partial charge in [0.15, 0.2) is 0 Å². The maximum atomic E-state index is 12.7. The predicted molar refractivity (Wildman–Crippen MR) is 93.7 cm³/mol. The van der Waals surface area contributed by atoms with E-state index in [9.17, 15) is 4.79 Å². The molecule has 24 heavy (non-hydrogen) atoms. The highest BCUT2D eigenvalue weighted by Gasteiger charge is 2.40. The summed E-state index contributed by atoms with van der Waals surface area (Å²) >= 11 is 0. The lowest BCUT2D eigenvalue weighted by atomic mass is 9.89. The molecule has 2 saturated heterocycles. The average Bonchev–Trinajstić information content (AvgIpc) is 2.59. The van der Waals surface area contributed by atoms with Crippen LogP contribution in [-0.2, 0) is 4.74 Å². The minimum absolute atomic E-state index is 0.0510. The molecule has 1 aromatic rings. The number of carbonyl (C=O) groups excluding carboxylic acids is 1. The normalized spacial score (nSPS) is 20.9. The Hall–Kier alpha value is -1.79. The van der Waals surface area contributed by atoms with Gasteiger partial charge in [0, 0.05) is 25.3 Å². The highest BCUT2D eigenvalue weighted by molar-refractivity contribution is 5.90. The quantitative estimate of drug-likeness (QED) is 0.902. The average molecular weight is 333 g/mol. The van der Waals surface area contributed by atoms with Crippen LogP contribution < -0.4 is 10.1 Å². The maximum Gasteiger partial charge on any atom is 0.322 e. The van der Waals surface area contributed by atoms with Gasteiger partial charge in [0.05, 0.1) is 25.9 Å². The van der Waals surface area contributed by atoms with E-state index in [4.69, 9.17) is 9.47 Å². The molecule has 2 heterocycles. The zero-order valence-electron chi connectivity index (χ0n) is 14.8. The van der Waals surface area contributed by atoms with Crippen LogP contribution in [0.15, 0.2) is 18.2 Å². The lowest BCUT2D eigenvalue weighted by molar-refractivity contribution is -0.123. The molecule has 0 bridgehead atoms. The van der Waals surface area contributed by atoms with Gasteiger partial charge in [0.1, 0.15) is 5.75 Å². The first-order valence-corrected chi connectivity index (χ1v) is 8.54. The molecule has 2 aliphatic rings. The second-order valence-electron chi connectivity index (χ2n) is 6.87. The number of urea groups is 1. The fourth-order valence-corrected chi connectivity index (χ4v) is 3.44. The maximum absolute atomic E-state index is 12.7. The van der Waals surface area contributed by atoms with Crippen molar-refractivity contribution in [2.75, 3.05) is 52.3 Å². The molecule has 0 aliphatic carbocycles. The first-order chi connectivity index (χ1) is 11.5. The Morgan fingerprint density at radius 2 is 2.04 bits per heavy atom. The Morgan fingerprint density at radius 1 is 1.29 bits per heavy atom. The third kappa shape index (κ3) is 3.65. The van der Waals surface area contributed by atoms with Gasteiger partial charge < -0.3 is 24.6 Å². The van der Waals surface area contributed by atoms with Crippen molar-refractivity contribution in [3.8, 4) is 5.75 Å². The van der Waals surface area contributed by atoms with E-state index in [0.717, 1.165) is 42.9 Å². The number of aryl methyl sites for hydroxylation is 1. The Kier molecular flexibility index (Phi) is 4.96. The molecule has 1 spiro atoms. The number of morpholine rings is 1. The summed E-state index contributed by atoms with van der Waals surface area (Å²) in [7, 11) is 3.77. The first-order valence-electron chi connectivity index (χ1n) is 8.54. The number of methoxy groups -OCH3 is 1. The van der Waals surface area contributed by atoms with Crippen molar-refractivity contribution in [3.63, 3.8) is 0 Å². The molecule has 2 fully saturated rings. The Balaban J connectivity index is 1.64. The standard InChI is InChI=1S/C18H27N3O3/c1-14-12-15(23-3)4-5-16(14)19-17(22)21-10-11-24-18(13-21)6-8-20(2)9-7-18/h4-5,12H,6-11,13H2,1-3H3,(H,19,22). The summed E-state index contributed by atoms with van der Waals surface area (Å²) in [6.45, 7) is 5.93. The molecular formula is C18H27N3O3. The van der Waals surface area contributed by atoms with Crippen LogP contribution in [0, 0.1) is 6.92 Å². The topological polar surface area (TPSA) is 54.0 Å². The number of rotatable bonds is 2. The zero-order chi connectivity index (χ0) is 17.2. The fourth-order valence-electron chi connectivity index (χ4n) is 3.44. The number of amides is 2. The third-order valence-corrected chi connectivity index (χ3v) is 5.11. The molecule has 0 atom stereocenters. The van der Waals surface area contributed by atoms with Gasteiger partial charge in [-0.05, 0) is 50.6 Å². The minimum Gasteiger partial charge on any atom is -0.497 e. The largest absolute Gasteiger partial charge is 0.497 e. The fraction of sp³-hybridized carbons (Fsp3) is 0.611. The van der Waals surface area contributed by atoms with Crippen LogP contribution in [-0.4, -0.2) is 68.4 Å². The molecule has 0 saturated carbocycles. The highest BCUT2D eigenvalue weighted by atomic mass is 16.5. The van der Waals surface area contributed by atoms with Gasteiger partial charge >= 0.3 is 6.03 Å². The molecule has 1 aromatic carbocycles. The van der Waals surface area contributed by atoms with Crippen LogP contribution in [0.25, 0.3) is 0 Å². The van der Waals surface area contributed by atoms with Crippen LogP contribution in [0.4, 0.5) is 10.5 Å². The summed E-state index contributed by atoms with van der Waals surface area (Å²) in [5.74, 6) is 0.794. The van der Waals surface area contributed by atoms with Gasteiger partial charge in [0.2, 0.25) is 0 Å². The van der Waals surface area contributed by atoms with Crippen molar-refractivity contribution in [1.29, 1.82) is 0 Å². The molecule has 0 radical (unpaired) electrons. The van der Waals surface area contributed by atoms with Crippen molar-refractivity contribution in [2.24, 2.45) is 0 Å². The van der Waals surface area contributed by atoms with Crippen molar-refractivity contribution < 1.29 is 14.3 Å². The summed E-state index contributed by atoms with van der Waals surface area (Å²) in [6.07, 6.45) is 1.96. The number of nitrogens with one attached hydrogen (secondary N) is 1. The van der Waals surface area contributed by atoms with Crippen LogP contribution in [0.1, 0.15) is 18.4 Å². The molecule has 0 aromatic heterocycles. The summed E-state index contributed by atoms with van der Waals surface area (Å²) < 4.78 is 11.3. The second kappa shape index (κ2) is 6.99. The Morgan fingerprint density at radius 3 is 2.71 bits per heavy atom. The molecule has 2 aliphatic heterocycles. The Labute approximate surface area is 143 Å². The van der Waals surface area contributed by atoms with Gasteiger partial charge in [-0.15, -0.1) is 0 Å². The van der Waals surface area contributed by atoms with Crippen LogP contribution in [0.5, 0.6) is 5.75 Å². The van der Waals surface area contributed by atoms with E-state index in [1.54, 1.807) is 7.11 Å². The van der Waals surface area contributed by atoms with Crippen LogP contribution in [0.2, 0.25) is 0 Å². The van der Waals surface area contributed by atoms with E-state index in [0.29, 0.717) is 19.7 Å². The minimum atomic E-state index is -0.170. The zero-order valence-corrected chi connectivity index (χ0v) is 14.8. The smallest absolute Gasteiger partial charge is 0.322 e. The van der Waals surface area contributed by atoms with E-state index < -0.39 is 0 Å². The SMILES string of the molecule is COc1ccc(NC(=O)N2CCOC3(CCN(C)CC3)C2)c(C)c1. The van der Waals surface area contributed by atoms with Gasteiger partial charge in [-0.25, -0.2) is 4.79 Å². The van der Waals surface area contributed by atoms with E-state index in [2.05, 4.69) is 17.3 Å². The number of hydrogen-bond acceptors (Lipinski definition) is 4. The molecule has 6 heteroatoms. The van der Waals surface area contributed by atoms with Crippen molar-refractivity contribution >= 4 is 11.7 Å². The molecule has 1 N–H and O–H groups in total. The molecule has 0 unspecified atom stereocenters. The summed E-state index contributed by atoms with van der Waals surface area (Å²) in [4.78, 5) is 16.9. The van der Waals surface area contributed by atoms with Crippen molar-refractivity contribution in [1.82, 2.24) is 9.80 Å². The number of hydrogen-bond donors (Lipinski definition) is 1. The number of carbonyl (C=O) groups is 1. The highest BCUT2D eigenvalue weighted by Crippen LogP contribution is 2.30. The van der Waals surface area contributed by atoms with E-state index in [-0.39, 0.29) is 11.6 Å². The summed E-state index contributed by atoms with van der Waals surface area (Å²) in [5.41, 5.74) is 1.64. The number of nitrogens with zero attached hydrogens (tertiary/aromatic N) is 2. The monoisotopic (exact) mass is 333 g/mol. The Bertz CT molecular complexity index is 597. The molecule has 6 nitrogen and oxygen atoms in total. The van der Waals surface area contributed by atoms with E-state index >= 15 is 0 Å². The van der Waals surface area contributed by atoms with Gasteiger partial charge in [-0.1, -0.05) is 0 Å². The summed E-state index contributed by atoms with van der Waals surface area (Å²) in [5, 5.41) is 3.03. The number of likely N-dealkylation sites (tertiary alicyclic amines) is 1. The van der Waals surface area contributed by atoms with Gasteiger partial charge in [0.25, 0.3) is 0 Å². The predicted octanol–water partition coefficient (Wildman–Crippen LogP) is 2.33. The molecule has 3 rings (SSSR count). The first kappa shape index (κ1) is 17.0. The third-order valence-electron chi connectivity index (χ3n) is 5.11. The molecule has 2 amide bonds. The van der Waals surface area contributed by atoms with Gasteiger partial charge in [-0.2, -0.15) is 0 Å². The molecule has 132 valence electrons. The lowest BCUT2D eigenvalue weighted by Gasteiger charge is -2.46. The summed E-state index contributed by atoms with van der Waals surface area (Å²) in [6, 6.07) is 5.62. The van der Waals surface area contributed by atoms with Crippen LogP contribution >= 0.6 is 0 Å². The van der Waals surface area contributed by atoms with Gasteiger partial charge in [-0.3, -0.25) is 0 Å². The number of benzene rings is 1. The van der Waals surface area contributed by atoms with E-state index in [1.807, 2.05) is 30.0 Å². The second-order valence-corrected chi connectivity index (χ2v) is 6.87. The van der Waals surface area contributed by atoms with Crippen molar-refractivity contribution in [2.45, 2.75) is 25.4 Å².